The zero-order valence-corrected chi connectivity index (χ0v) is 25.4. The number of carbonyl (C=O) groups is 1. The number of ether oxygens (including phenoxy) is 2. The molecule has 216 valence electrons. The number of esters is 1. The second-order valence-corrected chi connectivity index (χ2v) is 11.9. The van der Waals surface area contributed by atoms with Crippen LogP contribution in [0.1, 0.15) is 29.0 Å². The van der Waals surface area contributed by atoms with Crippen molar-refractivity contribution in [3.63, 3.8) is 0 Å². The van der Waals surface area contributed by atoms with Gasteiger partial charge in [-0.25, -0.2) is 14.5 Å². The van der Waals surface area contributed by atoms with Crippen molar-refractivity contribution < 1.29 is 14.3 Å². The Labute approximate surface area is 255 Å². The molecule has 0 radical (unpaired) electrons. The van der Waals surface area contributed by atoms with Gasteiger partial charge in [-0.05, 0) is 67.3 Å². The minimum absolute atomic E-state index is 0.237. The minimum Gasteiger partial charge on any atom is -0.489 e. The Kier molecular flexibility index (Phi) is 7.79. The molecular formula is C33H28N4O4S2. The molecule has 0 saturated heterocycles. The fourth-order valence-corrected chi connectivity index (χ4v) is 6.95. The molecule has 0 unspecified atom stereocenters. The molecule has 1 aliphatic heterocycles. The van der Waals surface area contributed by atoms with Gasteiger partial charge in [0.05, 0.1) is 28.6 Å². The predicted molar refractivity (Wildman–Crippen MR) is 170 cm³/mol. The van der Waals surface area contributed by atoms with Crippen LogP contribution in [0.15, 0.2) is 106 Å². The summed E-state index contributed by atoms with van der Waals surface area (Å²) in [5.74, 6) is 0.266. The molecule has 1 aliphatic rings. The molecular weight excluding hydrogens is 581 g/mol. The summed E-state index contributed by atoms with van der Waals surface area (Å²) in [6.45, 7) is 7.90. The van der Waals surface area contributed by atoms with E-state index >= 15 is 0 Å². The summed E-state index contributed by atoms with van der Waals surface area (Å²) in [6.07, 6.45) is 5.48. The van der Waals surface area contributed by atoms with Crippen LogP contribution >= 0.6 is 22.7 Å². The van der Waals surface area contributed by atoms with E-state index in [1.54, 1.807) is 17.6 Å². The Balaban J connectivity index is 1.53. The molecule has 43 heavy (non-hydrogen) atoms. The highest BCUT2D eigenvalue weighted by atomic mass is 32.1. The van der Waals surface area contributed by atoms with E-state index in [-0.39, 0.29) is 5.56 Å². The van der Waals surface area contributed by atoms with Crippen LogP contribution in [0, 0.1) is 6.92 Å². The zero-order valence-electron chi connectivity index (χ0n) is 23.8. The molecule has 0 saturated carbocycles. The van der Waals surface area contributed by atoms with Gasteiger partial charge in [0.2, 0.25) is 0 Å². The molecule has 6 rings (SSSR count). The van der Waals surface area contributed by atoms with Gasteiger partial charge in [0.1, 0.15) is 24.1 Å². The maximum Gasteiger partial charge on any atom is 0.338 e. The van der Waals surface area contributed by atoms with Crippen molar-refractivity contribution in [3.05, 3.63) is 132 Å². The van der Waals surface area contributed by atoms with E-state index in [1.807, 2.05) is 89.9 Å². The maximum atomic E-state index is 14.1. The van der Waals surface area contributed by atoms with Crippen LogP contribution in [0.2, 0.25) is 0 Å². The van der Waals surface area contributed by atoms with E-state index in [2.05, 4.69) is 11.6 Å². The van der Waals surface area contributed by atoms with Crippen LogP contribution < -0.4 is 19.6 Å². The maximum absolute atomic E-state index is 14.1. The van der Waals surface area contributed by atoms with Crippen LogP contribution in [-0.4, -0.2) is 34.0 Å². The van der Waals surface area contributed by atoms with E-state index in [4.69, 9.17) is 14.6 Å². The Morgan fingerprint density at radius 2 is 1.93 bits per heavy atom. The first-order chi connectivity index (χ1) is 20.9. The highest BCUT2D eigenvalue weighted by Gasteiger charge is 2.33. The highest BCUT2D eigenvalue weighted by molar-refractivity contribution is 7.10. The van der Waals surface area contributed by atoms with Crippen LogP contribution in [0.25, 0.3) is 23.0 Å². The number of hydrogen-bond donors (Lipinski definition) is 0. The second-order valence-electron chi connectivity index (χ2n) is 9.88. The summed E-state index contributed by atoms with van der Waals surface area (Å²) in [5, 5.41) is 6.86. The number of rotatable bonds is 8. The molecule has 0 amide bonds. The molecule has 2 aromatic carbocycles. The van der Waals surface area contributed by atoms with Crippen LogP contribution in [0.4, 0.5) is 0 Å². The highest BCUT2D eigenvalue weighted by Crippen LogP contribution is 2.33. The molecule has 8 nitrogen and oxygen atoms in total. The average molecular weight is 609 g/mol. The van der Waals surface area contributed by atoms with Crippen LogP contribution in [0.3, 0.4) is 0 Å². The van der Waals surface area contributed by atoms with E-state index < -0.39 is 12.0 Å². The van der Waals surface area contributed by atoms with Crippen molar-refractivity contribution in [2.75, 3.05) is 13.7 Å². The van der Waals surface area contributed by atoms with Gasteiger partial charge in [-0.3, -0.25) is 9.36 Å². The molecule has 0 aliphatic carbocycles. The van der Waals surface area contributed by atoms with E-state index in [1.165, 1.54) is 29.8 Å². The van der Waals surface area contributed by atoms with Gasteiger partial charge in [0, 0.05) is 22.2 Å². The van der Waals surface area contributed by atoms with E-state index in [9.17, 15) is 9.59 Å². The largest absolute Gasteiger partial charge is 0.489 e. The number of hydrogen-bond acceptors (Lipinski definition) is 8. The third-order valence-electron chi connectivity index (χ3n) is 7.09. The van der Waals surface area contributed by atoms with Crippen molar-refractivity contribution in [2.45, 2.75) is 19.9 Å². The Morgan fingerprint density at radius 1 is 1.12 bits per heavy atom. The molecule has 0 N–H and O–H groups in total. The van der Waals surface area contributed by atoms with Crippen molar-refractivity contribution >= 4 is 34.7 Å². The van der Waals surface area contributed by atoms with Crippen LogP contribution in [0.5, 0.6) is 5.75 Å². The number of thiophene rings is 1. The number of methoxy groups -OCH3 is 1. The monoisotopic (exact) mass is 608 g/mol. The van der Waals surface area contributed by atoms with Gasteiger partial charge in [0.15, 0.2) is 4.80 Å². The molecule has 0 bridgehead atoms. The first-order valence-electron chi connectivity index (χ1n) is 13.5. The first-order valence-corrected chi connectivity index (χ1v) is 15.2. The van der Waals surface area contributed by atoms with Crippen LogP contribution in [-0.2, 0) is 9.53 Å². The normalized spacial score (nSPS) is 14.8. The predicted octanol–water partition coefficient (Wildman–Crippen LogP) is 5.20. The molecule has 1 atom stereocenters. The molecule has 0 fully saturated rings. The van der Waals surface area contributed by atoms with Gasteiger partial charge in [-0.2, -0.15) is 5.10 Å². The average Bonchev–Trinajstić information content (AvgIpc) is 3.76. The van der Waals surface area contributed by atoms with Gasteiger partial charge in [0.25, 0.3) is 5.56 Å². The second kappa shape index (κ2) is 11.8. The number of nitrogens with zero attached hydrogens (tertiary/aromatic N) is 4. The van der Waals surface area contributed by atoms with E-state index in [0.717, 1.165) is 33.0 Å². The number of para-hydroxylation sites is 1. The SMILES string of the molecule is C=CCOc1ccc(-c2nn(-c3ccccc3)cc2/C=c2/sc3n(c2=O)[C@H](c2cccs2)C(C(=O)OC)=C(C)N=3)cc1C. The van der Waals surface area contributed by atoms with Gasteiger partial charge >= 0.3 is 5.97 Å². The summed E-state index contributed by atoms with van der Waals surface area (Å²) in [4.78, 5) is 33.0. The first kappa shape index (κ1) is 28.3. The third kappa shape index (κ3) is 5.31. The summed E-state index contributed by atoms with van der Waals surface area (Å²) >= 11 is 2.77. The number of thiazole rings is 1. The lowest BCUT2D eigenvalue weighted by Crippen LogP contribution is -2.39. The fraction of sp³-hybridized carbons (Fsp3) is 0.152. The van der Waals surface area contributed by atoms with Crippen molar-refractivity contribution in [3.8, 4) is 22.7 Å². The Hall–Kier alpha value is -4.80. The molecule has 3 aromatic heterocycles. The van der Waals surface area contributed by atoms with E-state index in [0.29, 0.717) is 32.9 Å². The van der Waals surface area contributed by atoms with Crippen molar-refractivity contribution in [2.24, 2.45) is 4.99 Å². The number of aryl methyl sites for hydroxylation is 1. The number of fused-ring (bicyclic) bond motifs is 1. The summed E-state index contributed by atoms with van der Waals surface area (Å²) in [5.41, 5.74) is 4.88. The lowest BCUT2D eigenvalue weighted by atomic mass is 10.0. The Morgan fingerprint density at radius 3 is 2.63 bits per heavy atom. The summed E-state index contributed by atoms with van der Waals surface area (Å²) in [6, 6.07) is 18.9. The van der Waals surface area contributed by atoms with Gasteiger partial charge in [-0.15, -0.1) is 11.3 Å². The fourth-order valence-electron chi connectivity index (χ4n) is 5.09. The summed E-state index contributed by atoms with van der Waals surface area (Å²) in [7, 11) is 1.34. The lowest BCUT2D eigenvalue weighted by Gasteiger charge is -2.22. The number of allylic oxidation sites excluding steroid dienone is 1. The van der Waals surface area contributed by atoms with Gasteiger partial charge in [-0.1, -0.05) is 48.3 Å². The zero-order chi connectivity index (χ0) is 30.1. The van der Waals surface area contributed by atoms with Crippen molar-refractivity contribution in [1.29, 1.82) is 0 Å². The minimum atomic E-state index is -0.622. The number of benzene rings is 2. The lowest BCUT2D eigenvalue weighted by molar-refractivity contribution is -0.136. The molecule has 5 aromatic rings. The quantitative estimate of drug-likeness (QED) is 0.179. The Bertz CT molecular complexity index is 2050. The van der Waals surface area contributed by atoms with Crippen molar-refractivity contribution in [1.82, 2.24) is 14.3 Å². The standard InChI is InChI=1S/C33H28N4O4S2/c1-5-15-41-25-14-13-22(17-20(25)2)29-23(19-36(35-29)24-10-7-6-8-11-24)18-27-31(38)37-30(26-12-9-16-42-26)28(32(39)40-4)21(3)34-33(37)43-27/h5-14,16-19,30H,1,15H2,2-4H3/b27-18+/t30-/m1/s1. The number of carbonyl (C=O) groups excluding carboxylic acids is 1. The van der Waals surface area contributed by atoms with Gasteiger partial charge < -0.3 is 9.47 Å². The summed E-state index contributed by atoms with van der Waals surface area (Å²) < 4.78 is 14.8. The third-order valence-corrected chi connectivity index (χ3v) is 9.00. The number of aromatic nitrogens is 3. The topological polar surface area (TPSA) is 87.7 Å². The smallest absolute Gasteiger partial charge is 0.338 e. The molecule has 10 heteroatoms. The molecule has 0 spiro atoms. The molecule has 4 heterocycles.